The Kier molecular flexibility index (Phi) is 5.67. The van der Waals surface area contributed by atoms with Crippen molar-refractivity contribution in [1.82, 2.24) is 0 Å². The smallest absolute Gasteiger partial charge is 0.281 e. The Balaban J connectivity index is 1.79. The molecule has 0 aromatic heterocycles. The van der Waals surface area contributed by atoms with Gasteiger partial charge in [-0.1, -0.05) is 36.4 Å². The zero-order valence-corrected chi connectivity index (χ0v) is 17.4. The molecule has 0 radical (unpaired) electrons. The second-order valence-electron chi connectivity index (χ2n) is 6.88. The molecule has 8 nitrogen and oxygen atoms in total. The van der Waals surface area contributed by atoms with Crippen LogP contribution < -0.4 is 14.5 Å². The van der Waals surface area contributed by atoms with Crippen molar-refractivity contribution in [3.8, 4) is 11.5 Å². The van der Waals surface area contributed by atoms with Crippen molar-refractivity contribution in [1.29, 1.82) is 0 Å². The van der Waals surface area contributed by atoms with E-state index in [2.05, 4.69) is 5.10 Å². The van der Waals surface area contributed by atoms with Crippen molar-refractivity contribution in [3.63, 3.8) is 0 Å². The Labute approximate surface area is 184 Å². The molecule has 0 spiro atoms. The monoisotopic (exact) mass is 429 g/mol. The lowest BCUT2D eigenvalue weighted by Crippen LogP contribution is -2.21. The third-order valence-corrected chi connectivity index (χ3v) is 4.95. The molecule has 1 aliphatic heterocycles. The predicted octanol–water partition coefficient (Wildman–Crippen LogP) is 4.45. The summed E-state index contributed by atoms with van der Waals surface area (Å²) >= 11 is 0. The second-order valence-corrected chi connectivity index (χ2v) is 6.88. The molecule has 1 heterocycles. The molecule has 1 aliphatic rings. The number of anilines is 1. The van der Waals surface area contributed by atoms with Crippen LogP contribution in [0.1, 0.15) is 11.1 Å². The minimum atomic E-state index is -0.489. The molecular weight excluding hydrogens is 410 g/mol. The number of hydrogen-bond donors (Lipinski definition) is 0. The van der Waals surface area contributed by atoms with Crippen LogP contribution in [0.5, 0.6) is 11.5 Å². The van der Waals surface area contributed by atoms with Crippen LogP contribution in [0.3, 0.4) is 0 Å². The lowest BCUT2D eigenvalue weighted by molar-refractivity contribution is -0.384. The fourth-order valence-electron chi connectivity index (χ4n) is 3.35. The van der Waals surface area contributed by atoms with Gasteiger partial charge in [-0.2, -0.15) is 10.1 Å². The normalized spacial score (nSPS) is 14.4. The van der Waals surface area contributed by atoms with E-state index in [1.807, 2.05) is 36.4 Å². The molecule has 3 aromatic carbocycles. The molecule has 1 amide bonds. The third-order valence-electron chi connectivity index (χ3n) is 4.95. The van der Waals surface area contributed by atoms with E-state index in [4.69, 9.17) is 9.47 Å². The van der Waals surface area contributed by atoms with Gasteiger partial charge in [-0.25, -0.2) is 0 Å². The number of nitro benzene ring substituents is 1. The summed E-state index contributed by atoms with van der Waals surface area (Å²) in [5.74, 6) is 0.780. The van der Waals surface area contributed by atoms with E-state index in [-0.39, 0.29) is 11.6 Å². The predicted molar refractivity (Wildman–Crippen MR) is 121 cm³/mol. The van der Waals surface area contributed by atoms with E-state index in [0.717, 1.165) is 11.1 Å². The van der Waals surface area contributed by atoms with Gasteiger partial charge in [0.15, 0.2) is 11.5 Å². The summed E-state index contributed by atoms with van der Waals surface area (Å²) in [6, 6.07) is 20.4. The van der Waals surface area contributed by atoms with Crippen molar-refractivity contribution in [2.45, 2.75) is 0 Å². The molecule has 0 saturated heterocycles. The standard InChI is InChI=1S/C24H19N3O5/c1-31-21-13-8-16(15-22(21)32-2)14-20-23(17-6-4-3-5-7-17)25-26(24(20)28)18-9-11-19(12-10-18)27(29)30/h3-15H,1-2H3/b20-14+. The number of benzene rings is 3. The third kappa shape index (κ3) is 3.93. The Morgan fingerprint density at radius 1 is 0.938 bits per heavy atom. The van der Waals surface area contributed by atoms with Crippen LogP contribution in [0.2, 0.25) is 0 Å². The maximum absolute atomic E-state index is 13.3. The fourth-order valence-corrected chi connectivity index (χ4v) is 3.35. The molecule has 0 N–H and O–H groups in total. The van der Waals surface area contributed by atoms with E-state index >= 15 is 0 Å². The Morgan fingerprint density at radius 2 is 1.62 bits per heavy atom. The highest BCUT2D eigenvalue weighted by Crippen LogP contribution is 2.32. The van der Waals surface area contributed by atoms with E-state index in [1.165, 1.54) is 29.3 Å². The van der Waals surface area contributed by atoms with Crippen molar-refractivity contribution < 1.29 is 19.2 Å². The van der Waals surface area contributed by atoms with Crippen molar-refractivity contribution in [3.05, 3.63) is 99.6 Å². The molecule has 32 heavy (non-hydrogen) atoms. The van der Waals surface area contributed by atoms with Crippen LogP contribution in [0, 0.1) is 10.1 Å². The Bertz CT molecular complexity index is 1230. The Hall–Kier alpha value is -4.46. The van der Waals surface area contributed by atoms with Crippen LogP contribution >= 0.6 is 0 Å². The zero-order chi connectivity index (χ0) is 22.7. The number of nitro groups is 1. The summed E-state index contributed by atoms with van der Waals surface area (Å²) in [7, 11) is 3.10. The fraction of sp³-hybridized carbons (Fsp3) is 0.0833. The van der Waals surface area contributed by atoms with Crippen LogP contribution in [0.15, 0.2) is 83.5 Å². The van der Waals surface area contributed by atoms with E-state index < -0.39 is 4.92 Å². The van der Waals surface area contributed by atoms with E-state index in [1.54, 1.807) is 32.4 Å². The van der Waals surface area contributed by atoms with Crippen LogP contribution in [-0.2, 0) is 4.79 Å². The molecule has 0 saturated carbocycles. The van der Waals surface area contributed by atoms with Gasteiger partial charge in [0.1, 0.15) is 5.71 Å². The highest BCUT2D eigenvalue weighted by molar-refractivity contribution is 6.37. The summed E-state index contributed by atoms with van der Waals surface area (Å²) in [5.41, 5.74) is 2.78. The molecule has 160 valence electrons. The topological polar surface area (TPSA) is 94.3 Å². The minimum Gasteiger partial charge on any atom is -0.493 e. The molecule has 3 aromatic rings. The number of nitrogens with zero attached hydrogens (tertiary/aromatic N) is 3. The molecule has 0 aliphatic carbocycles. The average Bonchev–Trinajstić information content (AvgIpc) is 3.15. The molecule has 8 heteroatoms. The van der Waals surface area contributed by atoms with Gasteiger partial charge in [-0.15, -0.1) is 0 Å². The van der Waals surface area contributed by atoms with Crippen LogP contribution in [0.4, 0.5) is 11.4 Å². The van der Waals surface area contributed by atoms with Gasteiger partial charge in [0.05, 0.1) is 30.4 Å². The number of ether oxygens (including phenoxy) is 2. The van der Waals surface area contributed by atoms with Gasteiger partial charge >= 0.3 is 0 Å². The quantitative estimate of drug-likeness (QED) is 0.328. The minimum absolute atomic E-state index is 0.0613. The molecule has 0 unspecified atom stereocenters. The zero-order valence-electron chi connectivity index (χ0n) is 17.4. The lowest BCUT2D eigenvalue weighted by atomic mass is 10.00. The number of carbonyl (C=O) groups is 1. The first-order valence-corrected chi connectivity index (χ1v) is 9.69. The summed E-state index contributed by atoms with van der Waals surface area (Å²) in [6.45, 7) is 0. The second kappa shape index (κ2) is 8.73. The summed E-state index contributed by atoms with van der Waals surface area (Å²) in [4.78, 5) is 23.8. The molecule has 4 rings (SSSR count). The van der Waals surface area contributed by atoms with Crippen molar-refractivity contribution in [2.75, 3.05) is 19.2 Å². The Morgan fingerprint density at radius 3 is 2.25 bits per heavy atom. The van der Waals surface area contributed by atoms with Gasteiger partial charge in [0, 0.05) is 17.7 Å². The van der Waals surface area contributed by atoms with Gasteiger partial charge in [-0.05, 0) is 35.9 Å². The van der Waals surface area contributed by atoms with E-state index in [9.17, 15) is 14.9 Å². The summed E-state index contributed by atoms with van der Waals surface area (Å²) in [5, 5.41) is 16.8. The average molecular weight is 429 g/mol. The van der Waals surface area contributed by atoms with Gasteiger partial charge < -0.3 is 9.47 Å². The van der Waals surface area contributed by atoms with Crippen LogP contribution in [0.25, 0.3) is 6.08 Å². The van der Waals surface area contributed by atoms with Crippen LogP contribution in [-0.4, -0.2) is 30.8 Å². The first kappa shape index (κ1) is 20.8. The van der Waals surface area contributed by atoms with Gasteiger partial charge in [0.2, 0.25) is 0 Å². The maximum atomic E-state index is 13.3. The molecular formula is C24H19N3O5. The van der Waals surface area contributed by atoms with E-state index in [0.29, 0.717) is 28.5 Å². The molecule has 0 bridgehead atoms. The highest BCUT2D eigenvalue weighted by atomic mass is 16.6. The van der Waals surface area contributed by atoms with Crippen molar-refractivity contribution >= 4 is 29.1 Å². The number of methoxy groups -OCH3 is 2. The molecule has 0 atom stereocenters. The number of amides is 1. The largest absolute Gasteiger partial charge is 0.493 e. The highest BCUT2D eigenvalue weighted by Gasteiger charge is 2.32. The SMILES string of the molecule is COc1ccc(/C=C2/C(=O)N(c3ccc([N+](=O)[O-])cc3)N=C2c2ccccc2)cc1OC. The van der Waals surface area contributed by atoms with Gasteiger partial charge in [0.25, 0.3) is 11.6 Å². The maximum Gasteiger partial charge on any atom is 0.281 e. The number of hydrazone groups is 1. The first-order valence-electron chi connectivity index (χ1n) is 9.69. The summed E-state index contributed by atoms with van der Waals surface area (Å²) < 4.78 is 10.6. The number of rotatable bonds is 6. The number of hydrogen-bond acceptors (Lipinski definition) is 6. The summed E-state index contributed by atoms with van der Waals surface area (Å²) in [6.07, 6.45) is 1.74. The number of non-ortho nitro benzene ring substituents is 1. The van der Waals surface area contributed by atoms with Gasteiger partial charge in [-0.3, -0.25) is 14.9 Å². The molecule has 0 fully saturated rings. The lowest BCUT2D eigenvalue weighted by Gasteiger charge is -2.11. The van der Waals surface area contributed by atoms with Crippen molar-refractivity contribution in [2.24, 2.45) is 5.10 Å². The number of carbonyl (C=O) groups excluding carboxylic acids is 1. The first-order chi connectivity index (χ1) is 15.5.